The lowest BCUT2D eigenvalue weighted by Gasteiger charge is -2.44. The van der Waals surface area contributed by atoms with E-state index in [0.29, 0.717) is 0 Å². The maximum Gasteiger partial charge on any atom is 0.419 e. The molecule has 1 aromatic carbocycles. The predicted octanol–water partition coefficient (Wildman–Crippen LogP) is 6.47. The van der Waals surface area contributed by atoms with Gasteiger partial charge in [-0.25, -0.2) is 9.36 Å². The van der Waals surface area contributed by atoms with Crippen LogP contribution in [0.15, 0.2) is 24.3 Å². The van der Waals surface area contributed by atoms with Gasteiger partial charge in [-0.3, -0.25) is 9.69 Å². The molecule has 1 aromatic heterocycles. The summed E-state index contributed by atoms with van der Waals surface area (Å²) >= 11 is 0. The number of para-hydroxylation sites is 1. The number of hydrogen-bond acceptors (Lipinski definition) is 6. The van der Waals surface area contributed by atoms with E-state index in [1.807, 2.05) is 39.0 Å². The van der Waals surface area contributed by atoms with Crippen LogP contribution >= 0.6 is 0 Å². The summed E-state index contributed by atoms with van der Waals surface area (Å²) in [5.41, 5.74) is 1.93. The summed E-state index contributed by atoms with van der Waals surface area (Å²) < 4.78 is 20.4. The van der Waals surface area contributed by atoms with Crippen molar-refractivity contribution in [3.05, 3.63) is 35.5 Å². The number of hydrogen-bond donors (Lipinski definition) is 0. The molecule has 2 aromatic rings. The second kappa shape index (κ2) is 9.20. The average Bonchev–Trinajstić information content (AvgIpc) is 3.27. The van der Waals surface area contributed by atoms with Crippen LogP contribution in [0.5, 0.6) is 0 Å². The SMILES string of the molecule is COC(=O)[C@@H]1c2c(c3ccccc3n2C(=O)OC(C)(C)C)C2[C@H]3CCN2CCC1C3O[Si](C)(C)C(C)(C)C. The van der Waals surface area contributed by atoms with Crippen LogP contribution in [-0.2, 0) is 18.7 Å². The summed E-state index contributed by atoms with van der Waals surface area (Å²) in [6, 6.07) is 8.09. The number of esters is 1. The van der Waals surface area contributed by atoms with E-state index < -0.39 is 25.9 Å². The Bertz CT molecular complexity index is 1250. The number of aromatic nitrogens is 1. The summed E-state index contributed by atoms with van der Waals surface area (Å²) in [4.78, 5) is 30.2. The molecule has 0 N–H and O–H groups in total. The first-order valence-corrected chi connectivity index (χ1v) is 16.9. The first-order chi connectivity index (χ1) is 17.7. The molecule has 0 saturated carbocycles. The standard InChI is InChI=1S/C30H44N2O5Si/c1-29(2,3)36-28(34)32-21-13-11-10-12-18(21)22-24-20-15-17-31(24)16-14-19(23(25(22)32)27(33)35-7)26(20)37-38(8,9)30(4,5)6/h10-13,19-20,23-24,26H,14-17H2,1-9H3/t19?,20-,23+,24?,26?/m1/s1. The third kappa shape index (κ3) is 4.33. The van der Waals surface area contributed by atoms with E-state index in [9.17, 15) is 9.59 Å². The summed E-state index contributed by atoms with van der Waals surface area (Å²) in [5, 5.41) is 1.05. The maximum atomic E-state index is 13.9. The average molecular weight is 541 g/mol. The molecule has 8 heteroatoms. The maximum absolute atomic E-state index is 13.9. The third-order valence-electron chi connectivity index (χ3n) is 9.38. The Morgan fingerprint density at radius 2 is 1.61 bits per heavy atom. The number of carbonyl (C=O) groups excluding carboxylic acids is 2. The highest BCUT2D eigenvalue weighted by Gasteiger charge is 2.57. The van der Waals surface area contributed by atoms with Gasteiger partial charge in [-0.15, -0.1) is 0 Å². The largest absolute Gasteiger partial charge is 0.468 e. The number of rotatable bonds is 3. The quantitative estimate of drug-likeness (QED) is 0.328. The van der Waals surface area contributed by atoms with Gasteiger partial charge < -0.3 is 13.9 Å². The number of benzene rings is 1. The van der Waals surface area contributed by atoms with Crippen LogP contribution in [0.4, 0.5) is 4.79 Å². The predicted molar refractivity (Wildman–Crippen MR) is 151 cm³/mol. The second-order valence-corrected chi connectivity index (χ2v) is 18.6. The zero-order valence-electron chi connectivity index (χ0n) is 24.5. The minimum atomic E-state index is -2.16. The Balaban J connectivity index is 1.79. The van der Waals surface area contributed by atoms with Crippen molar-refractivity contribution < 1.29 is 23.5 Å². The molecule has 3 heterocycles. The zero-order chi connectivity index (χ0) is 27.8. The number of nitrogens with zero attached hydrogens (tertiary/aromatic N) is 2. The van der Waals surface area contributed by atoms with E-state index in [1.54, 1.807) is 4.57 Å². The molecule has 0 radical (unpaired) electrons. The van der Waals surface area contributed by atoms with E-state index in [2.05, 4.69) is 44.8 Å². The Morgan fingerprint density at radius 3 is 2.21 bits per heavy atom. The lowest BCUT2D eigenvalue weighted by Crippen LogP contribution is -2.49. The molecule has 0 amide bonds. The van der Waals surface area contributed by atoms with E-state index >= 15 is 0 Å². The van der Waals surface area contributed by atoms with E-state index in [0.717, 1.165) is 48.1 Å². The van der Waals surface area contributed by atoms with Crippen molar-refractivity contribution in [3.63, 3.8) is 0 Å². The van der Waals surface area contributed by atoms with E-state index in [4.69, 9.17) is 13.9 Å². The number of carbonyl (C=O) groups is 2. The molecule has 4 bridgehead atoms. The Labute approximate surface area is 227 Å². The van der Waals surface area contributed by atoms with Gasteiger partial charge in [0, 0.05) is 29.0 Å². The van der Waals surface area contributed by atoms with Crippen molar-refractivity contribution in [2.75, 3.05) is 20.2 Å². The fraction of sp³-hybridized carbons (Fsp3) is 0.667. The molecule has 38 heavy (non-hydrogen) atoms. The molecule has 4 unspecified atom stereocenters. The summed E-state index contributed by atoms with van der Waals surface area (Å²) in [5.74, 6) is -0.775. The minimum absolute atomic E-state index is 0.0394. The Hall–Kier alpha value is -2.16. The van der Waals surface area contributed by atoms with Crippen LogP contribution in [0.2, 0.25) is 18.1 Å². The highest BCUT2D eigenvalue weighted by Crippen LogP contribution is 2.57. The topological polar surface area (TPSA) is 70.0 Å². The molecule has 0 spiro atoms. The molecule has 2 fully saturated rings. The molecule has 2 saturated heterocycles. The normalized spacial score (nSPS) is 29.1. The monoisotopic (exact) mass is 540 g/mol. The van der Waals surface area contributed by atoms with Gasteiger partial charge >= 0.3 is 12.1 Å². The summed E-state index contributed by atoms with van der Waals surface area (Å²) in [6.07, 6.45) is 1.30. The molecular weight excluding hydrogens is 496 g/mol. The highest BCUT2D eigenvalue weighted by atomic mass is 28.4. The number of methoxy groups -OCH3 is 1. The van der Waals surface area contributed by atoms with Crippen LogP contribution in [0.1, 0.15) is 77.6 Å². The van der Waals surface area contributed by atoms with E-state index in [1.165, 1.54) is 7.11 Å². The Morgan fingerprint density at radius 1 is 0.974 bits per heavy atom. The Kier molecular flexibility index (Phi) is 6.64. The van der Waals surface area contributed by atoms with Crippen molar-refractivity contribution in [1.82, 2.24) is 9.47 Å². The van der Waals surface area contributed by atoms with Crippen LogP contribution in [0.25, 0.3) is 10.9 Å². The van der Waals surface area contributed by atoms with Crippen molar-refractivity contribution in [2.45, 2.75) is 96.2 Å². The highest BCUT2D eigenvalue weighted by molar-refractivity contribution is 6.74. The lowest BCUT2D eigenvalue weighted by atomic mass is 9.79. The third-order valence-corrected chi connectivity index (χ3v) is 13.9. The first kappa shape index (κ1) is 27.4. The van der Waals surface area contributed by atoms with Gasteiger partial charge in [0.15, 0.2) is 8.32 Å². The molecule has 3 aliphatic rings. The van der Waals surface area contributed by atoms with Gasteiger partial charge in [0.05, 0.1) is 18.7 Å². The second-order valence-electron chi connectivity index (χ2n) is 13.9. The molecule has 2 aliphatic heterocycles. The molecule has 208 valence electrons. The van der Waals surface area contributed by atoms with Crippen LogP contribution in [-0.4, -0.2) is 61.8 Å². The van der Waals surface area contributed by atoms with Crippen molar-refractivity contribution in [1.29, 1.82) is 0 Å². The first-order valence-electron chi connectivity index (χ1n) is 14.0. The van der Waals surface area contributed by atoms with Gasteiger partial charge in [-0.2, -0.15) is 0 Å². The van der Waals surface area contributed by atoms with E-state index in [-0.39, 0.29) is 35.0 Å². The fourth-order valence-corrected chi connectivity index (χ4v) is 8.12. The zero-order valence-corrected chi connectivity index (χ0v) is 25.5. The summed E-state index contributed by atoms with van der Waals surface area (Å²) in [6.45, 7) is 18.9. The fourth-order valence-electron chi connectivity index (χ4n) is 6.74. The van der Waals surface area contributed by atoms with Gasteiger partial charge in [0.2, 0.25) is 0 Å². The molecule has 6 atom stereocenters. The van der Waals surface area contributed by atoms with Crippen LogP contribution < -0.4 is 0 Å². The minimum Gasteiger partial charge on any atom is -0.468 e. The smallest absolute Gasteiger partial charge is 0.419 e. The number of ether oxygens (including phenoxy) is 2. The van der Waals surface area contributed by atoms with Crippen LogP contribution in [0.3, 0.4) is 0 Å². The van der Waals surface area contributed by atoms with Gasteiger partial charge in [0.25, 0.3) is 0 Å². The van der Waals surface area contributed by atoms with Gasteiger partial charge in [-0.1, -0.05) is 39.0 Å². The molecule has 5 rings (SSSR count). The lowest BCUT2D eigenvalue weighted by molar-refractivity contribution is -0.145. The van der Waals surface area contributed by atoms with Gasteiger partial charge in [-0.05, 0) is 76.5 Å². The van der Waals surface area contributed by atoms with Crippen molar-refractivity contribution in [2.24, 2.45) is 11.8 Å². The van der Waals surface area contributed by atoms with Gasteiger partial charge in [0.1, 0.15) is 11.5 Å². The number of fused-ring (bicyclic) bond motifs is 4. The van der Waals surface area contributed by atoms with Crippen LogP contribution in [0, 0.1) is 11.8 Å². The molecule has 7 nitrogen and oxygen atoms in total. The van der Waals surface area contributed by atoms with Crippen molar-refractivity contribution >= 4 is 31.3 Å². The van der Waals surface area contributed by atoms with Crippen molar-refractivity contribution in [3.8, 4) is 0 Å². The summed E-state index contributed by atoms with van der Waals surface area (Å²) in [7, 11) is -0.710. The molecular formula is C30H44N2O5Si. The molecule has 1 aliphatic carbocycles.